The van der Waals surface area contributed by atoms with Crippen LogP contribution in [0.5, 0.6) is 5.75 Å². The Labute approximate surface area is 119 Å². The van der Waals surface area contributed by atoms with Crippen molar-refractivity contribution in [2.24, 2.45) is 0 Å². The molecule has 0 saturated carbocycles. The van der Waals surface area contributed by atoms with Crippen LogP contribution in [0.4, 0.5) is 5.69 Å². The Morgan fingerprint density at radius 1 is 1.30 bits per heavy atom. The van der Waals surface area contributed by atoms with Crippen molar-refractivity contribution in [2.45, 2.75) is 20.0 Å². The van der Waals surface area contributed by atoms with Crippen molar-refractivity contribution in [1.82, 2.24) is 4.98 Å². The molecule has 0 aliphatic heterocycles. The van der Waals surface area contributed by atoms with Crippen molar-refractivity contribution in [3.8, 4) is 11.8 Å². The van der Waals surface area contributed by atoms with E-state index in [1.54, 1.807) is 24.4 Å². The molecule has 0 amide bonds. The maximum atomic E-state index is 8.84. The first-order chi connectivity index (χ1) is 9.81. The Hall–Kier alpha value is -2.54. The fourth-order valence-electron chi connectivity index (χ4n) is 1.75. The van der Waals surface area contributed by atoms with Gasteiger partial charge in [-0.05, 0) is 36.8 Å². The lowest BCUT2D eigenvalue weighted by molar-refractivity contribution is 0.301. The fourth-order valence-corrected chi connectivity index (χ4v) is 1.75. The second-order valence-electron chi connectivity index (χ2n) is 4.39. The number of hydrogen-bond donors (Lipinski definition) is 1. The van der Waals surface area contributed by atoms with Gasteiger partial charge < -0.3 is 10.1 Å². The molecule has 1 aromatic carbocycles. The molecule has 2 rings (SSSR count). The zero-order valence-electron chi connectivity index (χ0n) is 11.5. The summed E-state index contributed by atoms with van der Waals surface area (Å²) in [5.41, 5.74) is 2.49. The molecule has 0 atom stereocenters. The van der Waals surface area contributed by atoms with Crippen molar-refractivity contribution in [2.75, 3.05) is 11.9 Å². The van der Waals surface area contributed by atoms with Crippen molar-refractivity contribution < 1.29 is 4.74 Å². The third-order valence-corrected chi connectivity index (χ3v) is 2.75. The number of rotatable bonds is 6. The third-order valence-electron chi connectivity index (χ3n) is 2.75. The van der Waals surface area contributed by atoms with Crippen LogP contribution < -0.4 is 10.1 Å². The topological polar surface area (TPSA) is 57.9 Å². The van der Waals surface area contributed by atoms with Crippen LogP contribution in [0.3, 0.4) is 0 Å². The summed E-state index contributed by atoms with van der Waals surface area (Å²) >= 11 is 0. The largest absolute Gasteiger partial charge is 0.487 e. The first-order valence-corrected chi connectivity index (χ1v) is 6.63. The molecule has 0 unspecified atom stereocenters. The predicted octanol–water partition coefficient (Wildman–Crippen LogP) is 3.35. The van der Waals surface area contributed by atoms with Crippen LogP contribution in [0.2, 0.25) is 0 Å². The van der Waals surface area contributed by atoms with Gasteiger partial charge in [-0.15, -0.1) is 0 Å². The van der Waals surface area contributed by atoms with Crippen molar-refractivity contribution in [1.29, 1.82) is 5.26 Å². The lowest BCUT2D eigenvalue weighted by Crippen LogP contribution is -2.03. The summed E-state index contributed by atoms with van der Waals surface area (Å²) in [5, 5.41) is 12.2. The Balaban J connectivity index is 1.98. The van der Waals surface area contributed by atoms with Gasteiger partial charge in [-0.1, -0.05) is 13.0 Å². The van der Waals surface area contributed by atoms with E-state index in [2.05, 4.69) is 23.3 Å². The second kappa shape index (κ2) is 7.15. The van der Waals surface area contributed by atoms with Crippen molar-refractivity contribution >= 4 is 5.69 Å². The van der Waals surface area contributed by atoms with Crippen LogP contribution in [0.15, 0.2) is 42.6 Å². The number of anilines is 1. The van der Waals surface area contributed by atoms with E-state index < -0.39 is 0 Å². The summed E-state index contributed by atoms with van der Waals surface area (Å²) in [4.78, 5) is 4.28. The minimum absolute atomic E-state index is 0.385. The molecule has 2 aromatic rings. The first-order valence-electron chi connectivity index (χ1n) is 6.63. The average Bonchev–Trinajstić information content (AvgIpc) is 2.51. The van der Waals surface area contributed by atoms with Crippen LogP contribution in [-0.4, -0.2) is 11.5 Å². The normalized spacial score (nSPS) is 9.80. The van der Waals surface area contributed by atoms with Gasteiger partial charge in [0.1, 0.15) is 12.4 Å². The van der Waals surface area contributed by atoms with Gasteiger partial charge in [0.15, 0.2) is 0 Å². The summed E-state index contributed by atoms with van der Waals surface area (Å²) in [5.74, 6) is 0.678. The molecular formula is C16H17N3O. The van der Waals surface area contributed by atoms with Crippen LogP contribution in [-0.2, 0) is 6.61 Å². The highest BCUT2D eigenvalue weighted by Gasteiger charge is 2.00. The van der Waals surface area contributed by atoms with Gasteiger partial charge >= 0.3 is 0 Å². The van der Waals surface area contributed by atoms with Gasteiger partial charge in [0.25, 0.3) is 0 Å². The fraction of sp³-hybridized carbons (Fsp3) is 0.250. The maximum absolute atomic E-state index is 8.84. The van der Waals surface area contributed by atoms with E-state index in [1.165, 1.54) is 0 Å². The number of aromatic nitrogens is 1. The highest BCUT2D eigenvalue weighted by atomic mass is 16.5. The molecule has 0 radical (unpaired) electrons. The predicted molar refractivity (Wildman–Crippen MR) is 78.5 cm³/mol. The summed E-state index contributed by atoms with van der Waals surface area (Å²) in [6.07, 6.45) is 2.84. The summed E-state index contributed by atoms with van der Waals surface area (Å²) in [6, 6.07) is 13.1. The number of ether oxygens (including phenoxy) is 1. The summed E-state index contributed by atoms with van der Waals surface area (Å²) in [6.45, 7) is 3.45. The van der Waals surface area contributed by atoms with Crippen LogP contribution in [0.25, 0.3) is 0 Å². The van der Waals surface area contributed by atoms with Crippen LogP contribution >= 0.6 is 0 Å². The number of pyridine rings is 1. The Kier molecular flexibility index (Phi) is 4.96. The van der Waals surface area contributed by atoms with Gasteiger partial charge in [0, 0.05) is 18.4 Å². The van der Waals surface area contributed by atoms with E-state index in [0.717, 1.165) is 24.3 Å². The van der Waals surface area contributed by atoms with Crippen LogP contribution in [0, 0.1) is 11.3 Å². The molecule has 0 spiro atoms. The lowest BCUT2D eigenvalue weighted by atomic mass is 10.2. The maximum Gasteiger partial charge on any atom is 0.130 e. The standard InChI is InChI=1S/C16H17N3O/c1-2-7-18-14-6-8-19-15(10-14)12-20-16-5-3-4-13(9-16)11-17/h3-6,8-10H,2,7,12H2,1H3,(H,18,19). The number of nitriles is 1. The molecule has 0 aliphatic carbocycles. The minimum Gasteiger partial charge on any atom is -0.487 e. The van der Waals surface area contributed by atoms with E-state index in [4.69, 9.17) is 10.00 Å². The first kappa shape index (κ1) is 13.9. The van der Waals surface area contributed by atoms with E-state index in [1.807, 2.05) is 18.2 Å². The van der Waals surface area contributed by atoms with E-state index in [-0.39, 0.29) is 0 Å². The highest BCUT2D eigenvalue weighted by Crippen LogP contribution is 2.15. The molecule has 1 N–H and O–H groups in total. The third kappa shape index (κ3) is 3.99. The zero-order valence-corrected chi connectivity index (χ0v) is 11.5. The Morgan fingerprint density at radius 3 is 3.00 bits per heavy atom. The molecular weight excluding hydrogens is 250 g/mol. The lowest BCUT2D eigenvalue weighted by Gasteiger charge is -2.08. The van der Waals surface area contributed by atoms with Gasteiger partial charge in [0.05, 0.1) is 17.3 Å². The molecule has 20 heavy (non-hydrogen) atoms. The average molecular weight is 267 g/mol. The molecule has 102 valence electrons. The molecule has 0 aliphatic rings. The Morgan fingerprint density at radius 2 is 2.20 bits per heavy atom. The highest BCUT2D eigenvalue weighted by molar-refractivity contribution is 5.43. The minimum atomic E-state index is 0.385. The smallest absolute Gasteiger partial charge is 0.130 e. The second-order valence-corrected chi connectivity index (χ2v) is 4.39. The molecule has 0 bridgehead atoms. The Bertz CT molecular complexity index is 605. The SMILES string of the molecule is CCCNc1ccnc(COc2cccc(C#N)c2)c1. The van der Waals surface area contributed by atoms with Crippen molar-refractivity contribution in [3.05, 3.63) is 53.9 Å². The van der Waals surface area contributed by atoms with Crippen molar-refractivity contribution in [3.63, 3.8) is 0 Å². The molecule has 4 nitrogen and oxygen atoms in total. The molecule has 0 fully saturated rings. The van der Waals surface area contributed by atoms with Gasteiger partial charge in [-0.2, -0.15) is 5.26 Å². The summed E-state index contributed by atoms with van der Waals surface area (Å²) in [7, 11) is 0. The molecule has 0 saturated heterocycles. The number of hydrogen-bond acceptors (Lipinski definition) is 4. The van der Waals surface area contributed by atoms with E-state index >= 15 is 0 Å². The molecule has 4 heteroatoms. The van der Waals surface area contributed by atoms with Gasteiger partial charge in [-0.3, -0.25) is 4.98 Å². The summed E-state index contributed by atoms with van der Waals surface area (Å²) < 4.78 is 5.65. The van der Waals surface area contributed by atoms with Crippen LogP contribution in [0.1, 0.15) is 24.6 Å². The van der Waals surface area contributed by atoms with E-state index in [0.29, 0.717) is 17.9 Å². The monoisotopic (exact) mass is 267 g/mol. The quantitative estimate of drug-likeness (QED) is 0.872. The number of benzene rings is 1. The molecule has 1 heterocycles. The van der Waals surface area contributed by atoms with Gasteiger partial charge in [-0.25, -0.2) is 0 Å². The zero-order chi connectivity index (χ0) is 14.2. The van der Waals surface area contributed by atoms with E-state index in [9.17, 15) is 0 Å². The molecule has 1 aromatic heterocycles. The van der Waals surface area contributed by atoms with Gasteiger partial charge in [0.2, 0.25) is 0 Å². The number of nitrogens with zero attached hydrogens (tertiary/aromatic N) is 2. The number of nitrogens with one attached hydrogen (secondary N) is 1.